The first-order valence-corrected chi connectivity index (χ1v) is 5.34. The van der Waals surface area contributed by atoms with Crippen LogP contribution in [0.1, 0.15) is 25.5 Å². The minimum Gasteiger partial charge on any atom is -0.380 e. The van der Waals surface area contributed by atoms with E-state index in [4.69, 9.17) is 4.74 Å². The normalized spacial score (nSPS) is 12.7. The molecule has 1 atom stereocenters. The maximum Gasteiger partial charge on any atom is 0.123 e. The summed E-state index contributed by atoms with van der Waals surface area (Å²) in [7, 11) is 0. The molecule has 0 radical (unpaired) electrons. The van der Waals surface area contributed by atoms with Gasteiger partial charge >= 0.3 is 0 Å². The molecule has 1 aromatic rings. The van der Waals surface area contributed by atoms with Crippen LogP contribution >= 0.6 is 0 Å². The van der Waals surface area contributed by atoms with Crippen molar-refractivity contribution in [3.63, 3.8) is 0 Å². The second kappa shape index (κ2) is 6.53. The molecule has 1 N–H and O–H groups in total. The molecule has 0 aliphatic heterocycles. The van der Waals surface area contributed by atoms with Crippen LogP contribution in [0.3, 0.4) is 0 Å². The van der Waals surface area contributed by atoms with Crippen LogP contribution in [0.4, 0.5) is 4.39 Å². The van der Waals surface area contributed by atoms with Gasteiger partial charge in [-0.05, 0) is 31.2 Å². The van der Waals surface area contributed by atoms with Crippen molar-refractivity contribution in [2.24, 2.45) is 0 Å². The first kappa shape index (κ1) is 12.1. The Morgan fingerprint density at radius 1 is 1.27 bits per heavy atom. The third-order valence-electron chi connectivity index (χ3n) is 2.21. The van der Waals surface area contributed by atoms with Crippen LogP contribution in [0, 0.1) is 5.82 Å². The Kier molecular flexibility index (Phi) is 5.29. The fraction of sp³-hybridized carbons (Fsp3) is 0.500. The summed E-state index contributed by atoms with van der Waals surface area (Å²) >= 11 is 0. The lowest BCUT2D eigenvalue weighted by atomic mass is 10.1. The number of likely N-dealkylation sites (N-methyl/N-ethyl adjacent to an activating group) is 1. The molecule has 3 heteroatoms. The Bertz CT molecular complexity index is 273. The second-order valence-corrected chi connectivity index (χ2v) is 3.32. The summed E-state index contributed by atoms with van der Waals surface area (Å²) < 4.78 is 18.1. The number of halogens is 1. The molecule has 0 amide bonds. The van der Waals surface area contributed by atoms with Gasteiger partial charge in [0.05, 0.1) is 12.6 Å². The molecule has 0 spiro atoms. The number of hydrogen-bond donors (Lipinski definition) is 1. The van der Waals surface area contributed by atoms with Gasteiger partial charge < -0.3 is 10.1 Å². The molecule has 0 heterocycles. The van der Waals surface area contributed by atoms with Gasteiger partial charge in [0.2, 0.25) is 0 Å². The van der Waals surface area contributed by atoms with E-state index in [2.05, 4.69) is 5.32 Å². The molecule has 1 rings (SSSR count). The molecule has 0 saturated carbocycles. The van der Waals surface area contributed by atoms with Crippen LogP contribution in [-0.4, -0.2) is 19.8 Å². The summed E-state index contributed by atoms with van der Waals surface area (Å²) in [6.07, 6.45) is 0. The molecular weight excluding hydrogens is 193 g/mol. The molecule has 1 unspecified atom stereocenters. The number of nitrogens with one attached hydrogen (secondary N) is 1. The summed E-state index contributed by atoms with van der Waals surface area (Å²) in [5.74, 6) is -0.203. The zero-order chi connectivity index (χ0) is 11.1. The summed E-state index contributed by atoms with van der Waals surface area (Å²) in [4.78, 5) is 0. The molecule has 0 aliphatic carbocycles. The third kappa shape index (κ3) is 3.98. The monoisotopic (exact) mass is 211 g/mol. The first-order chi connectivity index (χ1) is 7.27. The van der Waals surface area contributed by atoms with E-state index in [0.29, 0.717) is 13.2 Å². The molecule has 0 aliphatic rings. The van der Waals surface area contributed by atoms with Gasteiger partial charge in [0.15, 0.2) is 0 Å². The molecule has 1 aromatic carbocycles. The van der Waals surface area contributed by atoms with E-state index in [9.17, 15) is 4.39 Å². The lowest BCUT2D eigenvalue weighted by molar-refractivity contribution is 0.123. The van der Waals surface area contributed by atoms with Gasteiger partial charge in [0.1, 0.15) is 5.82 Å². The summed E-state index contributed by atoms with van der Waals surface area (Å²) in [6, 6.07) is 6.69. The maximum absolute atomic E-state index is 12.7. The molecular formula is C12H18FNO. The average molecular weight is 211 g/mol. The van der Waals surface area contributed by atoms with Gasteiger partial charge in [0, 0.05) is 6.61 Å². The Labute approximate surface area is 90.4 Å². The predicted octanol–water partition coefficient (Wildman–Crippen LogP) is 2.51. The number of hydrogen-bond acceptors (Lipinski definition) is 2. The fourth-order valence-electron chi connectivity index (χ4n) is 1.45. The zero-order valence-corrected chi connectivity index (χ0v) is 9.29. The van der Waals surface area contributed by atoms with Crippen molar-refractivity contribution in [1.82, 2.24) is 5.32 Å². The van der Waals surface area contributed by atoms with E-state index in [1.807, 2.05) is 13.8 Å². The van der Waals surface area contributed by atoms with Gasteiger partial charge in [-0.1, -0.05) is 19.1 Å². The highest BCUT2D eigenvalue weighted by Gasteiger charge is 2.09. The van der Waals surface area contributed by atoms with Crippen molar-refractivity contribution in [2.75, 3.05) is 19.8 Å². The van der Waals surface area contributed by atoms with Crippen molar-refractivity contribution in [1.29, 1.82) is 0 Å². The van der Waals surface area contributed by atoms with Crippen molar-refractivity contribution >= 4 is 0 Å². The molecule has 0 fully saturated rings. The number of benzene rings is 1. The van der Waals surface area contributed by atoms with E-state index in [1.165, 1.54) is 12.1 Å². The van der Waals surface area contributed by atoms with Crippen molar-refractivity contribution < 1.29 is 9.13 Å². The van der Waals surface area contributed by atoms with Gasteiger partial charge in [-0.2, -0.15) is 0 Å². The molecule has 15 heavy (non-hydrogen) atoms. The molecule has 0 aromatic heterocycles. The minimum absolute atomic E-state index is 0.149. The summed E-state index contributed by atoms with van der Waals surface area (Å²) in [6.45, 7) is 6.20. The van der Waals surface area contributed by atoms with Gasteiger partial charge in [-0.3, -0.25) is 0 Å². The SMILES string of the molecule is CCNC(COCC)c1ccc(F)cc1. The highest BCUT2D eigenvalue weighted by molar-refractivity contribution is 5.19. The van der Waals surface area contributed by atoms with Gasteiger partial charge in [-0.15, -0.1) is 0 Å². The van der Waals surface area contributed by atoms with Gasteiger partial charge in [0.25, 0.3) is 0 Å². The lowest BCUT2D eigenvalue weighted by Gasteiger charge is -2.17. The number of ether oxygens (including phenoxy) is 1. The predicted molar refractivity (Wildman–Crippen MR) is 59.3 cm³/mol. The van der Waals surface area contributed by atoms with Crippen LogP contribution in [0.25, 0.3) is 0 Å². The van der Waals surface area contributed by atoms with Crippen molar-refractivity contribution in [3.05, 3.63) is 35.6 Å². The van der Waals surface area contributed by atoms with Crippen LogP contribution in [0.5, 0.6) is 0 Å². The second-order valence-electron chi connectivity index (χ2n) is 3.32. The van der Waals surface area contributed by atoms with E-state index in [0.717, 1.165) is 12.1 Å². The Morgan fingerprint density at radius 3 is 2.47 bits per heavy atom. The Balaban J connectivity index is 2.65. The van der Waals surface area contributed by atoms with Crippen LogP contribution < -0.4 is 5.32 Å². The van der Waals surface area contributed by atoms with E-state index >= 15 is 0 Å². The largest absolute Gasteiger partial charge is 0.380 e. The molecule has 0 bridgehead atoms. The molecule has 2 nitrogen and oxygen atoms in total. The van der Waals surface area contributed by atoms with Crippen LogP contribution in [0.2, 0.25) is 0 Å². The topological polar surface area (TPSA) is 21.3 Å². The Hall–Kier alpha value is -0.930. The molecule has 0 saturated heterocycles. The van der Waals surface area contributed by atoms with Gasteiger partial charge in [-0.25, -0.2) is 4.39 Å². The summed E-state index contributed by atoms with van der Waals surface area (Å²) in [5, 5.41) is 3.31. The maximum atomic E-state index is 12.7. The lowest BCUT2D eigenvalue weighted by Crippen LogP contribution is -2.25. The van der Waals surface area contributed by atoms with E-state index in [-0.39, 0.29) is 11.9 Å². The van der Waals surface area contributed by atoms with E-state index in [1.54, 1.807) is 12.1 Å². The van der Waals surface area contributed by atoms with E-state index < -0.39 is 0 Å². The van der Waals surface area contributed by atoms with Crippen molar-refractivity contribution in [3.8, 4) is 0 Å². The minimum atomic E-state index is -0.203. The zero-order valence-electron chi connectivity index (χ0n) is 9.29. The first-order valence-electron chi connectivity index (χ1n) is 5.34. The quantitative estimate of drug-likeness (QED) is 0.780. The highest BCUT2D eigenvalue weighted by Crippen LogP contribution is 2.13. The smallest absolute Gasteiger partial charge is 0.123 e. The van der Waals surface area contributed by atoms with Crippen LogP contribution in [-0.2, 0) is 4.74 Å². The standard InChI is InChI=1S/C12H18FNO/c1-3-14-12(9-15-4-2)10-5-7-11(13)8-6-10/h5-8,12,14H,3-4,9H2,1-2H3. The highest BCUT2D eigenvalue weighted by atomic mass is 19.1. The molecule has 84 valence electrons. The van der Waals surface area contributed by atoms with Crippen LogP contribution in [0.15, 0.2) is 24.3 Å². The van der Waals surface area contributed by atoms with Crippen molar-refractivity contribution in [2.45, 2.75) is 19.9 Å². The average Bonchev–Trinajstić information content (AvgIpc) is 2.25. The fourth-order valence-corrected chi connectivity index (χ4v) is 1.45. The summed E-state index contributed by atoms with van der Waals surface area (Å²) in [5.41, 5.74) is 1.06. The number of rotatable bonds is 6. The Morgan fingerprint density at radius 2 is 1.93 bits per heavy atom. The third-order valence-corrected chi connectivity index (χ3v) is 2.21.